The Labute approximate surface area is 116 Å². The van der Waals surface area contributed by atoms with E-state index in [1.54, 1.807) is 6.07 Å². The van der Waals surface area contributed by atoms with E-state index in [4.69, 9.17) is 27.9 Å². The molecule has 0 aliphatic heterocycles. The smallest absolute Gasteiger partial charge is 0.302 e. The molecule has 0 bridgehead atoms. The van der Waals surface area contributed by atoms with Gasteiger partial charge in [-0.05, 0) is 24.4 Å². The quantitative estimate of drug-likeness (QED) is 0.349. The largest absolute Gasteiger partial charge is 0.466 e. The van der Waals surface area contributed by atoms with E-state index in [2.05, 4.69) is 9.97 Å². The molecular formula is C11H15Cl2N3O2. The molecule has 0 amide bonds. The van der Waals surface area contributed by atoms with Gasteiger partial charge in [0.2, 0.25) is 5.28 Å². The molecule has 0 unspecified atom stereocenters. The highest BCUT2D eigenvalue weighted by molar-refractivity contribution is 6.32. The van der Waals surface area contributed by atoms with Gasteiger partial charge < -0.3 is 9.64 Å². The average molecular weight is 292 g/mol. The van der Waals surface area contributed by atoms with Crippen molar-refractivity contribution < 1.29 is 9.53 Å². The number of nitrogens with zero attached hydrogens (tertiary/aromatic N) is 3. The second kappa shape index (κ2) is 7.38. The summed E-state index contributed by atoms with van der Waals surface area (Å²) in [5, 5.41) is 0.445. The Morgan fingerprint density at radius 1 is 1.39 bits per heavy atom. The molecule has 100 valence electrons. The summed E-state index contributed by atoms with van der Waals surface area (Å²) in [6.45, 7) is 2.61. The van der Waals surface area contributed by atoms with Crippen molar-refractivity contribution in [1.82, 2.24) is 9.97 Å². The molecule has 0 N–H and O–H groups in total. The third-order valence-electron chi connectivity index (χ3n) is 2.24. The van der Waals surface area contributed by atoms with Crippen LogP contribution in [0.1, 0.15) is 19.8 Å². The van der Waals surface area contributed by atoms with Crippen LogP contribution < -0.4 is 4.90 Å². The topological polar surface area (TPSA) is 55.3 Å². The van der Waals surface area contributed by atoms with Gasteiger partial charge in [0.05, 0.1) is 6.61 Å². The molecule has 1 rings (SSSR count). The number of esters is 1. The molecule has 1 heterocycles. The molecule has 1 aromatic heterocycles. The molecule has 0 saturated carbocycles. The molecule has 0 spiro atoms. The Morgan fingerprint density at radius 3 is 2.72 bits per heavy atom. The summed E-state index contributed by atoms with van der Waals surface area (Å²) in [4.78, 5) is 20.3. The normalized spacial score (nSPS) is 10.2. The summed E-state index contributed by atoms with van der Waals surface area (Å²) in [7, 11) is 1.89. The van der Waals surface area contributed by atoms with Crippen LogP contribution in [0.4, 0.5) is 5.82 Å². The maximum Gasteiger partial charge on any atom is 0.302 e. The first-order valence-corrected chi connectivity index (χ1v) is 6.29. The molecule has 0 fully saturated rings. The van der Waals surface area contributed by atoms with E-state index >= 15 is 0 Å². The third kappa shape index (κ3) is 5.51. The van der Waals surface area contributed by atoms with Gasteiger partial charge in [-0.25, -0.2) is 9.97 Å². The lowest BCUT2D eigenvalue weighted by molar-refractivity contribution is -0.141. The molecule has 7 heteroatoms. The van der Waals surface area contributed by atoms with Crippen LogP contribution >= 0.6 is 23.2 Å². The van der Waals surface area contributed by atoms with Crippen molar-refractivity contribution in [3.05, 3.63) is 16.5 Å². The predicted molar refractivity (Wildman–Crippen MR) is 71.2 cm³/mol. The van der Waals surface area contributed by atoms with Crippen LogP contribution in [0.3, 0.4) is 0 Å². The van der Waals surface area contributed by atoms with Crippen LogP contribution in [-0.4, -0.2) is 36.1 Å². The van der Waals surface area contributed by atoms with Gasteiger partial charge in [-0.15, -0.1) is 0 Å². The van der Waals surface area contributed by atoms with Crippen molar-refractivity contribution in [2.75, 3.05) is 25.1 Å². The van der Waals surface area contributed by atoms with Gasteiger partial charge in [0.15, 0.2) is 0 Å². The molecule has 0 atom stereocenters. The Hall–Kier alpha value is -1.07. The second-order valence-electron chi connectivity index (χ2n) is 3.79. The van der Waals surface area contributed by atoms with Crippen molar-refractivity contribution in [2.24, 2.45) is 0 Å². The minimum absolute atomic E-state index is 0.129. The van der Waals surface area contributed by atoms with Gasteiger partial charge in [0.1, 0.15) is 11.0 Å². The van der Waals surface area contributed by atoms with Crippen molar-refractivity contribution in [2.45, 2.75) is 19.8 Å². The zero-order valence-corrected chi connectivity index (χ0v) is 11.8. The van der Waals surface area contributed by atoms with E-state index in [9.17, 15) is 4.79 Å². The molecular weight excluding hydrogens is 277 g/mol. The number of carbonyl (C=O) groups excluding carboxylic acids is 1. The van der Waals surface area contributed by atoms with E-state index in [0.717, 1.165) is 19.4 Å². The standard InChI is InChI=1S/C11H15Cl2N3O2/c1-8(17)18-6-4-3-5-16(2)10-7-9(12)14-11(13)15-10/h7H,3-6H2,1-2H3. The summed E-state index contributed by atoms with van der Waals surface area (Å²) < 4.78 is 4.84. The highest BCUT2D eigenvalue weighted by atomic mass is 35.5. The molecule has 0 aliphatic carbocycles. The summed E-state index contributed by atoms with van der Waals surface area (Å²) >= 11 is 11.5. The van der Waals surface area contributed by atoms with Crippen LogP contribution in [0.5, 0.6) is 0 Å². The fourth-order valence-corrected chi connectivity index (χ4v) is 1.75. The highest BCUT2D eigenvalue weighted by Crippen LogP contribution is 2.17. The van der Waals surface area contributed by atoms with Crippen molar-refractivity contribution in [3.63, 3.8) is 0 Å². The van der Waals surface area contributed by atoms with E-state index < -0.39 is 0 Å². The lowest BCUT2D eigenvalue weighted by atomic mass is 10.3. The summed E-state index contributed by atoms with van der Waals surface area (Å²) in [5.41, 5.74) is 0. The van der Waals surface area contributed by atoms with Gasteiger partial charge >= 0.3 is 5.97 Å². The van der Waals surface area contributed by atoms with Gasteiger partial charge in [0.25, 0.3) is 0 Å². The van der Waals surface area contributed by atoms with E-state index in [-0.39, 0.29) is 11.3 Å². The van der Waals surface area contributed by atoms with Crippen molar-refractivity contribution >= 4 is 35.0 Å². The van der Waals surface area contributed by atoms with Gasteiger partial charge in [-0.2, -0.15) is 0 Å². The van der Waals surface area contributed by atoms with Crippen molar-refractivity contribution in [3.8, 4) is 0 Å². The first-order valence-electron chi connectivity index (χ1n) is 5.53. The fourth-order valence-electron chi connectivity index (χ4n) is 1.36. The number of ether oxygens (including phenoxy) is 1. The number of anilines is 1. The molecule has 0 saturated heterocycles. The zero-order valence-electron chi connectivity index (χ0n) is 10.3. The molecule has 5 nitrogen and oxygen atoms in total. The van der Waals surface area contributed by atoms with Gasteiger partial charge in [-0.1, -0.05) is 11.6 Å². The number of halogens is 2. The second-order valence-corrected chi connectivity index (χ2v) is 4.51. The monoisotopic (exact) mass is 291 g/mol. The number of hydrogen-bond acceptors (Lipinski definition) is 5. The van der Waals surface area contributed by atoms with E-state index in [1.807, 2.05) is 11.9 Å². The Kier molecular flexibility index (Phi) is 6.15. The minimum atomic E-state index is -0.252. The summed E-state index contributed by atoms with van der Waals surface area (Å²) in [6, 6.07) is 1.65. The van der Waals surface area contributed by atoms with Crippen molar-refractivity contribution in [1.29, 1.82) is 0 Å². The number of aromatic nitrogens is 2. The zero-order chi connectivity index (χ0) is 13.5. The Bertz CT molecular complexity index is 395. The van der Waals surface area contributed by atoms with E-state index in [1.165, 1.54) is 6.92 Å². The molecule has 1 aromatic rings. The maximum absolute atomic E-state index is 10.6. The number of hydrogen-bond donors (Lipinski definition) is 0. The van der Waals surface area contributed by atoms with Crippen LogP contribution in [0.15, 0.2) is 6.07 Å². The first kappa shape index (κ1) is 15.0. The Morgan fingerprint density at radius 2 is 2.11 bits per heavy atom. The fraction of sp³-hybridized carbons (Fsp3) is 0.545. The number of rotatable bonds is 6. The summed E-state index contributed by atoms with van der Waals surface area (Å²) in [5.74, 6) is 0.421. The lowest BCUT2D eigenvalue weighted by Crippen LogP contribution is -2.20. The minimum Gasteiger partial charge on any atom is -0.466 e. The first-order chi connectivity index (χ1) is 8.49. The molecule has 0 radical (unpaired) electrons. The predicted octanol–water partition coefficient (Wildman–Crippen LogP) is 2.56. The molecule has 18 heavy (non-hydrogen) atoms. The maximum atomic E-state index is 10.6. The van der Waals surface area contributed by atoms with Crippen LogP contribution in [0.2, 0.25) is 10.4 Å². The average Bonchev–Trinajstić information content (AvgIpc) is 2.26. The SMILES string of the molecule is CC(=O)OCCCCN(C)c1cc(Cl)nc(Cl)n1. The highest BCUT2D eigenvalue weighted by Gasteiger charge is 2.06. The lowest BCUT2D eigenvalue weighted by Gasteiger charge is -2.18. The molecule has 0 aliphatic rings. The van der Waals surface area contributed by atoms with E-state index in [0.29, 0.717) is 17.6 Å². The van der Waals surface area contributed by atoms with Crippen LogP contribution in [-0.2, 0) is 9.53 Å². The number of unbranched alkanes of at least 4 members (excludes halogenated alkanes) is 1. The van der Waals surface area contributed by atoms with Crippen LogP contribution in [0, 0.1) is 0 Å². The Balaban J connectivity index is 2.36. The number of carbonyl (C=O) groups is 1. The van der Waals surface area contributed by atoms with Gasteiger partial charge in [0, 0.05) is 26.6 Å². The van der Waals surface area contributed by atoms with Gasteiger partial charge in [-0.3, -0.25) is 4.79 Å². The summed E-state index contributed by atoms with van der Waals surface area (Å²) in [6.07, 6.45) is 1.68. The molecule has 0 aromatic carbocycles. The van der Waals surface area contributed by atoms with Crippen LogP contribution in [0.25, 0.3) is 0 Å². The third-order valence-corrected chi connectivity index (χ3v) is 2.60.